The SMILES string of the molecule is CC(=O)CCC(=O)OC(=O)OC(C)=O. The van der Waals surface area contributed by atoms with Crippen LogP contribution >= 0.6 is 0 Å². The Kier molecular flexibility index (Phi) is 5.13. The second-order valence-electron chi connectivity index (χ2n) is 2.52. The summed E-state index contributed by atoms with van der Waals surface area (Å²) in [7, 11) is 0. The molecule has 0 unspecified atom stereocenters. The van der Waals surface area contributed by atoms with Crippen LogP contribution in [0.2, 0.25) is 0 Å². The summed E-state index contributed by atoms with van der Waals surface area (Å²) in [5.41, 5.74) is 0. The maximum absolute atomic E-state index is 10.8. The first-order chi connectivity index (χ1) is 6.41. The molecule has 0 saturated heterocycles. The van der Waals surface area contributed by atoms with E-state index in [1.54, 1.807) is 0 Å². The Balaban J connectivity index is 3.77. The van der Waals surface area contributed by atoms with Gasteiger partial charge in [0.1, 0.15) is 5.78 Å². The van der Waals surface area contributed by atoms with Crippen molar-refractivity contribution >= 4 is 23.9 Å². The lowest BCUT2D eigenvalue weighted by Crippen LogP contribution is -2.16. The molecular formula is C8H10O6. The van der Waals surface area contributed by atoms with Crippen LogP contribution in [0.1, 0.15) is 26.7 Å². The molecule has 6 heteroatoms. The van der Waals surface area contributed by atoms with Gasteiger partial charge < -0.3 is 14.3 Å². The molecule has 0 spiro atoms. The van der Waals surface area contributed by atoms with Crippen molar-refractivity contribution in [3.8, 4) is 0 Å². The molecule has 0 heterocycles. The molecule has 0 atom stereocenters. The van der Waals surface area contributed by atoms with Gasteiger partial charge in [-0.2, -0.15) is 0 Å². The smallest absolute Gasteiger partial charge is 0.361 e. The summed E-state index contributed by atoms with van der Waals surface area (Å²) in [5, 5.41) is 0. The number of Topliss-reactive ketones (excluding diaryl/α,β-unsaturated/α-hetero) is 1. The van der Waals surface area contributed by atoms with Crippen molar-refractivity contribution < 1.29 is 28.7 Å². The quantitative estimate of drug-likeness (QED) is 0.491. The topological polar surface area (TPSA) is 86.7 Å². The lowest BCUT2D eigenvalue weighted by atomic mass is 10.2. The third-order valence-corrected chi connectivity index (χ3v) is 1.11. The zero-order valence-corrected chi connectivity index (χ0v) is 7.86. The van der Waals surface area contributed by atoms with E-state index in [0.29, 0.717) is 0 Å². The standard InChI is InChI=1S/C8H10O6/c1-5(9)3-4-7(11)14-8(12)13-6(2)10/h3-4H2,1-2H3. The number of carbonyl (C=O) groups excluding carboxylic acids is 4. The molecule has 0 bridgehead atoms. The van der Waals surface area contributed by atoms with E-state index >= 15 is 0 Å². The monoisotopic (exact) mass is 202 g/mol. The number of hydrogen-bond donors (Lipinski definition) is 0. The van der Waals surface area contributed by atoms with Crippen LogP contribution in [0.4, 0.5) is 4.79 Å². The number of ether oxygens (including phenoxy) is 2. The molecule has 0 amide bonds. The number of esters is 2. The van der Waals surface area contributed by atoms with Crippen LogP contribution in [-0.2, 0) is 23.9 Å². The van der Waals surface area contributed by atoms with E-state index in [9.17, 15) is 19.2 Å². The summed E-state index contributed by atoms with van der Waals surface area (Å²) in [6, 6.07) is 0. The highest BCUT2D eigenvalue weighted by Crippen LogP contribution is 1.96. The fourth-order valence-corrected chi connectivity index (χ4v) is 0.560. The van der Waals surface area contributed by atoms with Crippen molar-refractivity contribution in [2.75, 3.05) is 0 Å². The first-order valence-electron chi connectivity index (χ1n) is 3.84. The lowest BCUT2D eigenvalue weighted by molar-refractivity contribution is -0.145. The summed E-state index contributed by atoms with van der Waals surface area (Å²) >= 11 is 0. The van der Waals surface area contributed by atoms with E-state index in [1.165, 1.54) is 6.92 Å². The molecule has 0 N–H and O–H groups in total. The van der Waals surface area contributed by atoms with E-state index in [-0.39, 0.29) is 18.6 Å². The van der Waals surface area contributed by atoms with Gasteiger partial charge in [-0.1, -0.05) is 0 Å². The molecule has 0 aliphatic heterocycles. The van der Waals surface area contributed by atoms with Crippen LogP contribution in [0, 0.1) is 0 Å². The molecule has 78 valence electrons. The van der Waals surface area contributed by atoms with E-state index in [4.69, 9.17) is 0 Å². The Morgan fingerprint density at radius 3 is 1.93 bits per heavy atom. The third kappa shape index (κ3) is 6.96. The predicted molar refractivity (Wildman–Crippen MR) is 43.2 cm³/mol. The second kappa shape index (κ2) is 5.85. The number of rotatable bonds is 3. The first kappa shape index (κ1) is 12.3. The van der Waals surface area contributed by atoms with Crippen molar-refractivity contribution in [3.05, 3.63) is 0 Å². The minimum Gasteiger partial charge on any atom is -0.361 e. The highest BCUT2D eigenvalue weighted by molar-refractivity contribution is 5.89. The van der Waals surface area contributed by atoms with E-state index in [0.717, 1.165) is 6.92 Å². The van der Waals surface area contributed by atoms with E-state index in [1.807, 2.05) is 0 Å². The molecule has 0 aromatic carbocycles. The van der Waals surface area contributed by atoms with Gasteiger partial charge in [-0.05, 0) is 6.92 Å². The molecule has 0 saturated carbocycles. The lowest BCUT2D eigenvalue weighted by Gasteiger charge is -1.99. The van der Waals surface area contributed by atoms with Crippen molar-refractivity contribution in [1.82, 2.24) is 0 Å². The Hall–Kier alpha value is -1.72. The minimum atomic E-state index is -1.37. The average Bonchev–Trinajstić information content (AvgIpc) is 1.98. The third-order valence-electron chi connectivity index (χ3n) is 1.11. The summed E-state index contributed by atoms with van der Waals surface area (Å²) in [5.74, 6) is -1.96. The van der Waals surface area contributed by atoms with Crippen molar-refractivity contribution in [2.24, 2.45) is 0 Å². The highest BCUT2D eigenvalue weighted by Gasteiger charge is 2.13. The van der Waals surface area contributed by atoms with Gasteiger partial charge in [-0.25, -0.2) is 4.79 Å². The predicted octanol–water partition coefficient (Wildman–Crippen LogP) is 0.582. The minimum absolute atomic E-state index is 0.00775. The van der Waals surface area contributed by atoms with Gasteiger partial charge in [0.25, 0.3) is 0 Å². The molecule has 0 aliphatic rings. The highest BCUT2D eigenvalue weighted by atomic mass is 16.8. The van der Waals surface area contributed by atoms with Gasteiger partial charge in [0.15, 0.2) is 0 Å². The molecule has 6 nitrogen and oxygen atoms in total. The largest absolute Gasteiger partial charge is 0.524 e. The molecule has 0 rings (SSSR count). The Labute approximate surface area is 80.2 Å². The average molecular weight is 202 g/mol. The molecule has 14 heavy (non-hydrogen) atoms. The zero-order chi connectivity index (χ0) is 11.1. The fourth-order valence-electron chi connectivity index (χ4n) is 0.560. The molecule has 0 aliphatic carbocycles. The summed E-state index contributed by atoms with van der Waals surface area (Å²) in [6.45, 7) is 2.31. The Bertz CT molecular complexity index is 267. The van der Waals surface area contributed by atoms with Crippen LogP contribution in [0.3, 0.4) is 0 Å². The summed E-state index contributed by atoms with van der Waals surface area (Å²) in [6.07, 6.45) is -1.58. The van der Waals surface area contributed by atoms with Crippen LogP contribution in [0.25, 0.3) is 0 Å². The number of hydrogen-bond acceptors (Lipinski definition) is 6. The number of carbonyl (C=O) groups is 4. The first-order valence-corrected chi connectivity index (χ1v) is 3.84. The van der Waals surface area contributed by atoms with Gasteiger partial charge in [0.2, 0.25) is 0 Å². The zero-order valence-electron chi connectivity index (χ0n) is 7.86. The Morgan fingerprint density at radius 2 is 1.50 bits per heavy atom. The maximum Gasteiger partial charge on any atom is 0.524 e. The summed E-state index contributed by atoms with van der Waals surface area (Å²) in [4.78, 5) is 41.9. The van der Waals surface area contributed by atoms with Gasteiger partial charge in [-0.15, -0.1) is 0 Å². The van der Waals surface area contributed by atoms with Crippen molar-refractivity contribution in [2.45, 2.75) is 26.7 Å². The van der Waals surface area contributed by atoms with Crippen LogP contribution in [0.5, 0.6) is 0 Å². The Morgan fingerprint density at radius 1 is 0.929 bits per heavy atom. The van der Waals surface area contributed by atoms with Gasteiger partial charge >= 0.3 is 18.1 Å². The maximum atomic E-state index is 10.8. The van der Waals surface area contributed by atoms with E-state index < -0.39 is 18.1 Å². The normalized spacial score (nSPS) is 9.00. The van der Waals surface area contributed by atoms with Crippen molar-refractivity contribution in [1.29, 1.82) is 0 Å². The van der Waals surface area contributed by atoms with Crippen LogP contribution in [0.15, 0.2) is 0 Å². The molecule has 0 aromatic rings. The van der Waals surface area contributed by atoms with Gasteiger partial charge in [0, 0.05) is 13.3 Å². The van der Waals surface area contributed by atoms with Crippen LogP contribution < -0.4 is 0 Å². The van der Waals surface area contributed by atoms with Crippen LogP contribution in [-0.4, -0.2) is 23.9 Å². The summed E-state index contributed by atoms with van der Waals surface area (Å²) < 4.78 is 7.96. The van der Waals surface area contributed by atoms with E-state index in [2.05, 4.69) is 9.47 Å². The van der Waals surface area contributed by atoms with Crippen molar-refractivity contribution in [3.63, 3.8) is 0 Å². The van der Waals surface area contributed by atoms with Gasteiger partial charge in [0.05, 0.1) is 6.42 Å². The second-order valence-corrected chi connectivity index (χ2v) is 2.52. The number of ketones is 1. The molecule has 0 fully saturated rings. The fraction of sp³-hybridized carbons (Fsp3) is 0.500. The molecular weight excluding hydrogens is 192 g/mol. The van der Waals surface area contributed by atoms with Gasteiger partial charge in [-0.3, -0.25) is 9.59 Å². The molecule has 0 aromatic heterocycles. The molecule has 0 radical (unpaired) electrons.